The van der Waals surface area contributed by atoms with Crippen LogP contribution in [0.1, 0.15) is 66.2 Å². The predicted molar refractivity (Wildman–Crippen MR) is 57.4 cm³/mol. The molecule has 0 heteroatoms. The molecule has 2 atom stereocenters. The van der Waals surface area contributed by atoms with Gasteiger partial charge in [-0.15, -0.1) is 0 Å². The molecule has 0 unspecified atom stereocenters. The summed E-state index contributed by atoms with van der Waals surface area (Å²) in [5.74, 6) is 2.05. The molecule has 0 amide bonds. The van der Waals surface area contributed by atoms with Crippen LogP contribution < -0.4 is 0 Å². The summed E-state index contributed by atoms with van der Waals surface area (Å²) in [4.78, 5) is 0. The van der Waals surface area contributed by atoms with Crippen LogP contribution in [0.5, 0.6) is 0 Å². The molecule has 0 N–H and O–H groups in total. The van der Waals surface area contributed by atoms with Gasteiger partial charge in [-0.3, -0.25) is 0 Å². The molecule has 1 fully saturated rings. The Kier molecular flexibility index (Phi) is 7.64. The highest BCUT2D eigenvalue weighted by Gasteiger charge is 2.17. The van der Waals surface area contributed by atoms with E-state index >= 15 is 0 Å². The van der Waals surface area contributed by atoms with Gasteiger partial charge in [0.15, 0.2) is 0 Å². The lowest BCUT2D eigenvalue weighted by atomic mass is 9.88. The van der Waals surface area contributed by atoms with Crippen molar-refractivity contribution in [3.8, 4) is 0 Å². The van der Waals surface area contributed by atoms with Crippen LogP contribution in [-0.4, -0.2) is 0 Å². The van der Waals surface area contributed by atoms with E-state index in [1.165, 1.54) is 38.5 Å². The van der Waals surface area contributed by atoms with Gasteiger partial charge in [0.25, 0.3) is 0 Å². The van der Waals surface area contributed by atoms with E-state index in [0.29, 0.717) is 0 Å². The van der Waals surface area contributed by atoms with Crippen molar-refractivity contribution in [2.24, 2.45) is 11.8 Å². The average Bonchev–Trinajstić information content (AvgIpc) is 2.33. The van der Waals surface area contributed by atoms with Gasteiger partial charge >= 0.3 is 0 Å². The van der Waals surface area contributed by atoms with Gasteiger partial charge in [-0.2, -0.15) is 0 Å². The first-order chi connectivity index (χ1) is 5.84. The van der Waals surface area contributed by atoms with E-state index in [-0.39, 0.29) is 0 Å². The summed E-state index contributed by atoms with van der Waals surface area (Å²) in [7, 11) is 0. The van der Waals surface area contributed by atoms with Crippen molar-refractivity contribution in [3.05, 3.63) is 0 Å². The van der Waals surface area contributed by atoms with Gasteiger partial charge in [0.05, 0.1) is 0 Å². The Labute approximate surface area is 78.8 Å². The Morgan fingerprint density at radius 2 is 1.58 bits per heavy atom. The third kappa shape index (κ3) is 4.13. The molecule has 0 aromatic rings. The largest absolute Gasteiger partial charge is 0.0683 e. The molecule has 1 saturated carbocycles. The fourth-order valence-corrected chi connectivity index (χ4v) is 2.18. The minimum absolute atomic E-state index is 1.01. The SMILES string of the molecule is CC.CC[C@@H]1CCCCC[C@@H]1C. The zero-order valence-corrected chi connectivity index (χ0v) is 9.40. The van der Waals surface area contributed by atoms with Gasteiger partial charge < -0.3 is 0 Å². The van der Waals surface area contributed by atoms with Gasteiger partial charge in [-0.1, -0.05) is 66.2 Å². The number of hydrogen-bond acceptors (Lipinski definition) is 0. The molecule has 0 nitrogen and oxygen atoms in total. The number of rotatable bonds is 1. The van der Waals surface area contributed by atoms with Gasteiger partial charge in [-0.25, -0.2) is 0 Å². The molecular weight excluding hydrogens is 144 g/mol. The molecule has 74 valence electrons. The highest BCUT2D eigenvalue weighted by molar-refractivity contribution is 4.69. The van der Waals surface area contributed by atoms with Crippen molar-refractivity contribution in [2.75, 3.05) is 0 Å². The molecule has 0 spiro atoms. The van der Waals surface area contributed by atoms with Gasteiger partial charge in [0.2, 0.25) is 0 Å². The molecule has 0 heterocycles. The lowest BCUT2D eigenvalue weighted by Crippen LogP contribution is -2.07. The second-order valence-corrected chi connectivity index (χ2v) is 3.78. The Balaban J connectivity index is 0.000000561. The maximum absolute atomic E-state index is 2.43. The van der Waals surface area contributed by atoms with Gasteiger partial charge in [-0.05, 0) is 11.8 Å². The van der Waals surface area contributed by atoms with Crippen LogP contribution in [0.2, 0.25) is 0 Å². The van der Waals surface area contributed by atoms with Crippen molar-refractivity contribution in [2.45, 2.75) is 66.2 Å². The van der Waals surface area contributed by atoms with Crippen molar-refractivity contribution in [3.63, 3.8) is 0 Å². The number of hydrogen-bond donors (Lipinski definition) is 0. The van der Waals surface area contributed by atoms with E-state index in [1.807, 2.05) is 13.8 Å². The molecule has 0 aromatic carbocycles. The van der Waals surface area contributed by atoms with Crippen LogP contribution >= 0.6 is 0 Å². The Hall–Kier alpha value is 0. The van der Waals surface area contributed by atoms with Crippen LogP contribution in [0, 0.1) is 11.8 Å². The van der Waals surface area contributed by atoms with E-state index in [9.17, 15) is 0 Å². The zero-order chi connectivity index (χ0) is 9.40. The Bertz CT molecular complexity index is 86.0. The van der Waals surface area contributed by atoms with Gasteiger partial charge in [0.1, 0.15) is 0 Å². The molecule has 0 aromatic heterocycles. The van der Waals surface area contributed by atoms with E-state index in [2.05, 4.69) is 13.8 Å². The maximum Gasteiger partial charge on any atom is -0.0391 e. The highest BCUT2D eigenvalue weighted by atomic mass is 14.2. The van der Waals surface area contributed by atoms with Crippen molar-refractivity contribution >= 4 is 0 Å². The molecular formula is C12H26. The van der Waals surface area contributed by atoms with Crippen LogP contribution in [0.25, 0.3) is 0 Å². The zero-order valence-electron chi connectivity index (χ0n) is 9.40. The molecule has 12 heavy (non-hydrogen) atoms. The van der Waals surface area contributed by atoms with Crippen LogP contribution in [0.4, 0.5) is 0 Å². The van der Waals surface area contributed by atoms with Crippen molar-refractivity contribution < 1.29 is 0 Å². The van der Waals surface area contributed by atoms with Crippen LogP contribution in [0.15, 0.2) is 0 Å². The first kappa shape index (κ1) is 12.0. The fourth-order valence-electron chi connectivity index (χ4n) is 2.18. The van der Waals surface area contributed by atoms with Crippen LogP contribution in [0.3, 0.4) is 0 Å². The van der Waals surface area contributed by atoms with Crippen molar-refractivity contribution in [1.82, 2.24) is 0 Å². The summed E-state index contributed by atoms with van der Waals surface area (Å²) in [6.45, 7) is 8.77. The summed E-state index contributed by atoms with van der Waals surface area (Å²) in [6, 6.07) is 0. The van der Waals surface area contributed by atoms with E-state index in [0.717, 1.165) is 11.8 Å². The van der Waals surface area contributed by atoms with E-state index in [1.54, 1.807) is 0 Å². The lowest BCUT2D eigenvalue weighted by molar-refractivity contribution is 0.328. The van der Waals surface area contributed by atoms with E-state index < -0.39 is 0 Å². The molecule has 0 radical (unpaired) electrons. The standard InChI is InChI=1S/C10H20.C2H6/c1-3-10-8-6-4-5-7-9(10)2;1-2/h9-10H,3-8H2,1-2H3;1-2H3/t9-,10+;/m0./s1. The van der Waals surface area contributed by atoms with Crippen LogP contribution in [-0.2, 0) is 0 Å². The fraction of sp³-hybridized carbons (Fsp3) is 1.00. The summed E-state index contributed by atoms with van der Waals surface area (Å²) < 4.78 is 0. The minimum Gasteiger partial charge on any atom is -0.0683 e. The smallest absolute Gasteiger partial charge is 0.0391 e. The average molecular weight is 170 g/mol. The Morgan fingerprint density at radius 1 is 1.00 bits per heavy atom. The topological polar surface area (TPSA) is 0 Å². The maximum atomic E-state index is 2.43. The van der Waals surface area contributed by atoms with Gasteiger partial charge in [0, 0.05) is 0 Å². The predicted octanol–water partition coefficient (Wildman–Crippen LogP) is 4.64. The minimum atomic E-state index is 1.01. The summed E-state index contributed by atoms with van der Waals surface area (Å²) >= 11 is 0. The quantitative estimate of drug-likeness (QED) is 0.503. The molecule has 1 rings (SSSR count). The third-order valence-corrected chi connectivity index (χ3v) is 3.06. The Morgan fingerprint density at radius 3 is 2.17 bits per heavy atom. The monoisotopic (exact) mass is 170 g/mol. The molecule has 1 aliphatic carbocycles. The first-order valence-electron chi connectivity index (χ1n) is 5.84. The summed E-state index contributed by atoms with van der Waals surface area (Å²) in [5, 5.41) is 0. The molecule has 1 aliphatic rings. The van der Waals surface area contributed by atoms with Crippen molar-refractivity contribution in [1.29, 1.82) is 0 Å². The van der Waals surface area contributed by atoms with E-state index in [4.69, 9.17) is 0 Å². The third-order valence-electron chi connectivity index (χ3n) is 3.06. The normalized spacial score (nSPS) is 30.0. The first-order valence-corrected chi connectivity index (χ1v) is 5.84. The summed E-state index contributed by atoms with van der Waals surface area (Å²) in [5.41, 5.74) is 0. The second kappa shape index (κ2) is 7.64. The summed E-state index contributed by atoms with van der Waals surface area (Å²) in [6.07, 6.45) is 8.85. The second-order valence-electron chi connectivity index (χ2n) is 3.78. The molecule has 0 bridgehead atoms. The lowest BCUT2D eigenvalue weighted by Gasteiger charge is -2.18. The highest BCUT2D eigenvalue weighted by Crippen LogP contribution is 2.30. The molecule has 0 saturated heterocycles. The molecule has 0 aliphatic heterocycles.